The minimum atomic E-state index is -0.0320. The smallest absolute Gasteiger partial charge is 0.225 e. The molecule has 0 saturated carbocycles. The Morgan fingerprint density at radius 2 is 1.90 bits per heavy atom. The first-order chi connectivity index (χ1) is 14.4. The Bertz CT molecular complexity index is 1020. The van der Waals surface area contributed by atoms with Gasteiger partial charge in [-0.15, -0.1) is 0 Å². The van der Waals surface area contributed by atoms with Gasteiger partial charge < -0.3 is 10.1 Å². The van der Waals surface area contributed by atoms with Crippen LogP contribution in [0, 0.1) is 5.41 Å². The summed E-state index contributed by atoms with van der Waals surface area (Å²) in [5.74, 6) is 0.747. The second-order valence-corrected chi connectivity index (χ2v) is 8.84. The maximum Gasteiger partial charge on any atom is 0.225 e. The number of nitrogens with zero attached hydrogens (tertiary/aromatic N) is 2. The fourth-order valence-corrected chi connectivity index (χ4v) is 4.39. The van der Waals surface area contributed by atoms with Crippen molar-refractivity contribution in [3.05, 3.63) is 83.2 Å². The molecular formula is C25H29N3O2. The molecule has 1 aliphatic carbocycles. The quantitative estimate of drug-likeness (QED) is 0.667. The number of hydrogen-bond acceptors (Lipinski definition) is 3. The summed E-state index contributed by atoms with van der Waals surface area (Å²) in [5.41, 5.74) is 4.57. The summed E-state index contributed by atoms with van der Waals surface area (Å²) in [6.07, 6.45) is 4.08. The standard InChI is InChI=1S/C25H29N3O2/c1-25(2)14-21(27-24(29)13-19-11-7-8-12-23(19)30-3)20-16-26-28(22(20)15-25)17-18-9-5-4-6-10-18/h4-12,16,21H,13-15,17H2,1-3H3,(H,27,29). The average Bonchev–Trinajstić information content (AvgIpc) is 3.10. The van der Waals surface area contributed by atoms with Crippen molar-refractivity contribution in [1.82, 2.24) is 15.1 Å². The van der Waals surface area contributed by atoms with Crippen LogP contribution < -0.4 is 10.1 Å². The van der Waals surface area contributed by atoms with E-state index in [1.54, 1.807) is 7.11 Å². The van der Waals surface area contributed by atoms with Gasteiger partial charge in [0.15, 0.2) is 0 Å². The number of carbonyl (C=O) groups excluding carboxylic acids is 1. The Labute approximate surface area is 178 Å². The van der Waals surface area contributed by atoms with E-state index in [1.807, 2.05) is 36.5 Å². The van der Waals surface area contributed by atoms with Crippen LogP contribution >= 0.6 is 0 Å². The summed E-state index contributed by atoms with van der Waals surface area (Å²) in [7, 11) is 1.63. The van der Waals surface area contributed by atoms with E-state index in [9.17, 15) is 4.79 Å². The average molecular weight is 404 g/mol. The van der Waals surface area contributed by atoms with Crippen LogP contribution in [0.25, 0.3) is 0 Å². The predicted octanol–water partition coefficient (Wildman–Crippen LogP) is 4.31. The molecule has 5 nitrogen and oxygen atoms in total. The third-order valence-electron chi connectivity index (χ3n) is 5.81. The molecule has 0 spiro atoms. The Kier molecular flexibility index (Phi) is 5.62. The van der Waals surface area contributed by atoms with Gasteiger partial charge in [-0.3, -0.25) is 9.48 Å². The molecule has 1 aromatic heterocycles. The minimum Gasteiger partial charge on any atom is -0.496 e. The van der Waals surface area contributed by atoms with Gasteiger partial charge in [0.1, 0.15) is 5.75 Å². The number of benzene rings is 2. The van der Waals surface area contributed by atoms with Gasteiger partial charge in [0, 0.05) is 16.8 Å². The highest BCUT2D eigenvalue weighted by Crippen LogP contribution is 2.41. The van der Waals surface area contributed by atoms with Gasteiger partial charge in [-0.2, -0.15) is 5.10 Å². The Hall–Kier alpha value is -3.08. The van der Waals surface area contributed by atoms with Crippen molar-refractivity contribution in [3.63, 3.8) is 0 Å². The Morgan fingerprint density at radius 3 is 2.67 bits per heavy atom. The van der Waals surface area contributed by atoms with E-state index in [2.05, 4.69) is 53.2 Å². The van der Waals surface area contributed by atoms with Crippen LogP contribution in [-0.4, -0.2) is 22.8 Å². The van der Waals surface area contributed by atoms with Crippen molar-refractivity contribution in [3.8, 4) is 5.75 Å². The molecule has 2 aromatic carbocycles. The third-order valence-corrected chi connectivity index (χ3v) is 5.81. The van der Waals surface area contributed by atoms with Crippen LogP contribution in [0.15, 0.2) is 60.8 Å². The Morgan fingerprint density at radius 1 is 1.17 bits per heavy atom. The summed E-state index contributed by atoms with van der Waals surface area (Å²) in [6, 6.07) is 18.0. The van der Waals surface area contributed by atoms with Crippen molar-refractivity contribution in [2.24, 2.45) is 5.41 Å². The lowest BCUT2D eigenvalue weighted by molar-refractivity contribution is -0.121. The molecule has 0 fully saturated rings. The number of ether oxygens (including phenoxy) is 1. The number of aromatic nitrogens is 2. The van der Waals surface area contributed by atoms with Crippen molar-refractivity contribution in [2.45, 2.75) is 45.7 Å². The van der Waals surface area contributed by atoms with Gasteiger partial charge in [-0.1, -0.05) is 62.4 Å². The SMILES string of the molecule is COc1ccccc1CC(=O)NC1CC(C)(C)Cc2c1cnn2Cc1ccccc1. The molecule has 1 heterocycles. The molecule has 1 aliphatic rings. The molecule has 1 unspecified atom stereocenters. The number of methoxy groups -OCH3 is 1. The summed E-state index contributed by atoms with van der Waals surface area (Å²) in [5, 5.41) is 7.93. The molecule has 30 heavy (non-hydrogen) atoms. The predicted molar refractivity (Wildman–Crippen MR) is 117 cm³/mol. The van der Waals surface area contributed by atoms with Crippen LogP contribution in [-0.2, 0) is 24.2 Å². The number of hydrogen-bond donors (Lipinski definition) is 1. The summed E-state index contributed by atoms with van der Waals surface area (Å²) < 4.78 is 7.48. The van der Waals surface area contributed by atoms with Crippen LogP contribution in [0.2, 0.25) is 0 Å². The number of fused-ring (bicyclic) bond motifs is 1. The highest BCUT2D eigenvalue weighted by Gasteiger charge is 2.35. The van der Waals surface area contributed by atoms with Crippen LogP contribution in [0.5, 0.6) is 5.75 Å². The Balaban J connectivity index is 1.54. The molecule has 156 valence electrons. The van der Waals surface area contributed by atoms with E-state index in [1.165, 1.54) is 11.3 Å². The van der Waals surface area contributed by atoms with Crippen molar-refractivity contribution in [1.29, 1.82) is 0 Å². The minimum absolute atomic E-state index is 0.00367. The van der Waals surface area contributed by atoms with Crippen LogP contribution in [0.4, 0.5) is 0 Å². The molecule has 1 N–H and O–H groups in total. The van der Waals surface area contributed by atoms with Gasteiger partial charge in [-0.25, -0.2) is 0 Å². The molecular weight excluding hydrogens is 374 g/mol. The number of carbonyl (C=O) groups is 1. The maximum atomic E-state index is 12.9. The van der Waals surface area contributed by atoms with E-state index in [4.69, 9.17) is 4.74 Å². The lowest BCUT2D eigenvalue weighted by Gasteiger charge is -2.36. The van der Waals surface area contributed by atoms with E-state index in [0.29, 0.717) is 6.42 Å². The molecule has 0 saturated heterocycles. The van der Waals surface area contributed by atoms with Crippen molar-refractivity contribution < 1.29 is 9.53 Å². The number of amides is 1. The molecule has 1 atom stereocenters. The van der Waals surface area contributed by atoms with Crippen molar-refractivity contribution in [2.75, 3.05) is 7.11 Å². The summed E-state index contributed by atoms with van der Waals surface area (Å²) in [4.78, 5) is 12.9. The van der Waals surface area contributed by atoms with Gasteiger partial charge >= 0.3 is 0 Å². The van der Waals surface area contributed by atoms with Gasteiger partial charge in [0.05, 0.1) is 32.3 Å². The first-order valence-electron chi connectivity index (χ1n) is 10.4. The van der Waals surface area contributed by atoms with Gasteiger partial charge in [0.25, 0.3) is 0 Å². The zero-order valence-electron chi connectivity index (χ0n) is 17.9. The number of para-hydroxylation sites is 1. The van der Waals surface area contributed by atoms with Crippen molar-refractivity contribution >= 4 is 5.91 Å². The molecule has 0 radical (unpaired) electrons. The van der Waals surface area contributed by atoms with E-state index >= 15 is 0 Å². The maximum absolute atomic E-state index is 12.9. The summed E-state index contributed by atoms with van der Waals surface area (Å²) in [6.45, 7) is 5.26. The first kappa shape index (κ1) is 20.2. The van der Waals surface area contributed by atoms with Gasteiger partial charge in [0.2, 0.25) is 5.91 Å². The normalized spacial score (nSPS) is 17.2. The topological polar surface area (TPSA) is 56.1 Å². The van der Waals surface area contributed by atoms with E-state index < -0.39 is 0 Å². The second-order valence-electron chi connectivity index (χ2n) is 8.84. The molecule has 5 heteroatoms. The molecule has 1 amide bonds. The monoisotopic (exact) mass is 403 g/mol. The van der Waals surface area contributed by atoms with E-state index in [-0.39, 0.29) is 17.4 Å². The fourth-order valence-electron chi connectivity index (χ4n) is 4.39. The zero-order chi connectivity index (χ0) is 21.1. The first-order valence-corrected chi connectivity index (χ1v) is 10.4. The highest BCUT2D eigenvalue weighted by atomic mass is 16.5. The number of nitrogens with one attached hydrogen (secondary N) is 1. The lowest BCUT2D eigenvalue weighted by atomic mass is 9.74. The fraction of sp³-hybridized carbons (Fsp3) is 0.360. The molecule has 0 bridgehead atoms. The highest BCUT2D eigenvalue weighted by molar-refractivity contribution is 5.79. The molecule has 0 aliphatic heterocycles. The lowest BCUT2D eigenvalue weighted by Crippen LogP contribution is -2.37. The third kappa shape index (κ3) is 4.40. The number of rotatable bonds is 6. The van der Waals surface area contributed by atoms with E-state index in [0.717, 1.165) is 36.3 Å². The molecule has 4 rings (SSSR count). The summed E-state index contributed by atoms with van der Waals surface area (Å²) >= 11 is 0. The largest absolute Gasteiger partial charge is 0.496 e. The van der Waals surface area contributed by atoms with Crippen LogP contribution in [0.1, 0.15) is 48.7 Å². The molecule has 3 aromatic rings. The second kappa shape index (κ2) is 8.34. The van der Waals surface area contributed by atoms with Crippen LogP contribution in [0.3, 0.4) is 0 Å². The van der Waals surface area contributed by atoms with Gasteiger partial charge in [-0.05, 0) is 29.9 Å². The zero-order valence-corrected chi connectivity index (χ0v) is 17.9.